The van der Waals surface area contributed by atoms with Crippen LogP contribution in [0.1, 0.15) is 67.7 Å². The van der Waals surface area contributed by atoms with Gasteiger partial charge in [0.25, 0.3) is 0 Å². The Hall–Kier alpha value is -3.22. The number of carbonyl (C=O) groups is 6. The lowest BCUT2D eigenvalue weighted by Gasteiger charge is -2.35. The fourth-order valence-corrected chi connectivity index (χ4v) is 3.58. The van der Waals surface area contributed by atoms with Crippen LogP contribution < -0.4 is 21.3 Å². The number of hydrogen-bond acceptors (Lipinski definition) is 9. The lowest BCUT2D eigenvalue weighted by atomic mass is 9.71. The van der Waals surface area contributed by atoms with E-state index in [4.69, 9.17) is 9.47 Å². The van der Waals surface area contributed by atoms with Crippen LogP contribution in [0.2, 0.25) is 0 Å². The number of carbonyl (C=O) groups excluding carboxylic acids is 6. The van der Waals surface area contributed by atoms with Gasteiger partial charge in [-0.3, -0.25) is 24.0 Å². The van der Waals surface area contributed by atoms with Crippen LogP contribution in [0.15, 0.2) is 0 Å². The molecule has 0 aliphatic rings. The van der Waals surface area contributed by atoms with Gasteiger partial charge in [-0.05, 0) is 33.6 Å². The number of nitrogens with one attached hydrogen (secondary N) is 4. The van der Waals surface area contributed by atoms with E-state index in [1.165, 1.54) is 0 Å². The Balaban J connectivity index is 4.87. The SMILES string of the molecule is CCOC(=O)CC(NC(=O)CNC(=O)CNC(=O)C(C)(C)CC(C)(CC)C(=O)NCC(C)O)C(=O)OCC. The zero-order chi connectivity index (χ0) is 29.5. The number of hydrogen-bond donors (Lipinski definition) is 5. The average molecular weight is 545 g/mol. The molecule has 0 radical (unpaired) electrons. The first-order valence-electron chi connectivity index (χ1n) is 12.7. The van der Waals surface area contributed by atoms with E-state index in [1.807, 2.05) is 6.92 Å². The minimum absolute atomic E-state index is 0.0464. The fourth-order valence-electron chi connectivity index (χ4n) is 3.58. The van der Waals surface area contributed by atoms with E-state index < -0.39 is 72.1 Å². The summed E-state index contributed by atoms with van der Waals surface area (Å²) in [6.45, 7) is 10.9. The summed E-state index contributed by atoms with van der Waals surface area (Å²) >= 11 is 0. The molecule has 0 heterocycles. The molecule has 0 aromatic carbocycles. The monoisotopic (exact) mass is 544 g/mol. The van der Waals surface area contributed by atoms with Crippen LogP contribution in [-0.4, -0.2) is 85.7 Å². The summed E-state index contributed by atoms with van der Waals surface area (Å²) in [4.78, 5) is 73.6. The van der Waals surface area contributed by atoms with Crippen molar-refractivity contribution in [3.05, 3.63) is 0 Å². The van der Waals surface area contributed by atoms with Gasteiger partial charge < -0.3 is 35.8 Å². The highest BCUT2D eigenvalue weighted by atomic mass is 16.5. The van der Waals surface area contributed by atoms with Crippen LogP contribution in [0.25, 0.3) is 0 Å². The highest BCUT2D eigenvalue weighted by Gasteiger charge is 2.41. The Morgan fingerprint density at radius 2 is 1.39 bits per heavy atom. The summed E-state index contributed by atoms with van der Waals surface area (Å²) in [7, 11) is 0. The Bertz CT molecular complexity index is 845. The van der Waals surface area contributed by atoms with Gasteiger partial charge in [0, 0.05) is 17.4 Å². The largest absolute Gasteiger partial charge is 0.466 e. The number of amides is 4. The third kappa shape index (κ3) is 12.8. The molecule has 13 nitrogen and oxygen atoms in total. The van der Waals surface area contributed by atoms with E-state index in [0.29, 0.717) is 6.42 Å². The smallest absolute Gasteiger partial charge is 0.329 e. The molecule has 4 amide bonds. The third-order valence-corrected chi connectivity index (χ3v) is 5.77. The minimum atomic E-state index is -1.27. The molecule has 0 saturated heterocycles. The molecule has 0 bridgehead atoms. The summed E-state index contributed by atoms with van der Waals surface area (Å²) in [5.41, 5.74) is -1.89. The Labute approximate surface area is 224 Å². The van der Waals surface area contributed by atoms with Crippen LogP contribution in [-0.2, 0) is 38.2 Å². The minimum Gasteiger partial charge on any atom is -0.466 e. The van der Waals surface area contributed by atoms with E-state index >= 15 is 0 Å². The molecule has 0 rings (SSSR count). The van der Waals surface area contributed by atoms with Gasteiger partial charge in [0.1, 0.15) is 6.04 Å². The van der Waals surface area contributed by atoms with Crippen LogP contribution in [0, 0.1) is 10.8 Å². The zero-order valence-corrected chi connectivity index (χ0v) is 23.5. The van der Waals surface area contributed by atoms with E-state index in [0.717, 1.165) is 0 Å². The zero-order valence-electron chi connectivity index (χ0n) is 23.5. The first kappa shape index (κ1) is 34.8. The van der Waals surface area contributed by atoms with Gasteiger partial charge in [-0.1, -0.05) is 27.7 Å². The Morgan fingerprint density at radius 3 is 1.92 bits per heavy atom. The predicted octanol–water partition coefficient (Wildman–Crippen LogP) is -0.450. The molecule has 3 atom stereocenters. The topological polar surface area (TPSA) is 189 Å². The molecule has 0 aromatic heterocycles. The Kier molecular flexibility index (Phi) is 15.2. The van der Waals surface area contributed by atoms with Crippen molar-refractivity contribution in [3.8, 4) is 0 Å². The van der Waals surface area contributed by atoms with E-state index in [-0.39, 0.29) is 32.1 Å². The second-order valence-corrected chi connectivity index (χ2v) is 9.87. The normalized spacial score (nSPS) is 14.2. The molecule has 38 heavy (non-hydrogen) atoms. The lowest BCUT2D eigenvalue weighted by Crippen LogP contribution is -2.50. The molecule has 0 aromatic rings. The maximum atomic E-state index is 12.8. The van der Waals surface area contributed by atoms with Gasteiger partial charge in [0.2, 0.25) is 23.6 Å². The maximum Gasteiger partial charge on any atom is 0.329 e. The number of esters is 2. The first-order valence-corrected chi connectivity index (χ1v) is 12.7. The quantitative estimate of drug-likeness (QED) is 0.151. The molecule has 13 heteroatoms. The van der Waals surface area contributed by atoms with Crippen molar-refractivity contribution < 1.29 is 43.3 Å². The summed E-state index contributed by atoms with van der Waals surface area (Å²) in [6, 6.07) is -1.27. The van der Waals surface area contributed by atoms with Crippen LogP contribution in [0.5, 0.6) is 0 Å². The molecular formula is C25H44N4O9. The predicted molar refractivity (Wildman–Crippen MR) is 137 cm³/mol. The summed E-state index contributed by atoms with van der Waals surface area (Å²) < 4.78 is 9.65. The lowest BCUT2D eigenvalue weighted by molar-refractivity contribution is -0.153. The molecule has 0 spiro atoms. The van der Waals surface area contributed by atoms with Gasteiger partial charge >= 0.3 is 11.9 Å². The number of aliphatic hydroxyl groups is 1. The van der Waals surface area contributed by atoms with Crippen LogP contribution in [0.3, 0.4) is 0 Å². The van der Waals surface area contributed by atoms with Crippen molar-refractivity contribution in [1.29, 1.82) is 0 Å². The maximum absolute atomic E-state index is 12.8. The van der Waals surface area contributed by atoms with Gasteiger partial charge in [-0.2, -0.15) is 0 Å². The molecule has 5 N–H and O–H groups in total. The van der Waals surface area contributed by atoms with Crippen molar-refractivity contribution in [2.75, 3.05) is 32.8 Å². The van der Waals surface area contributed by atoms with Crippen molar-refractivity contribution in [3.63, 3.8) is 0 Å². The van der Waals surface area contributed by atoms with Gasteiger partial charge in [0.05, 0.1) is 38.8 Å². The first-order chi connectivity index (χ1) is 17.6. The third-order valence-electron chi connectivity index (χ3n) is 5.77. The van der Waals surface area contributed by atoms with E-state index in [1.54, 1.807) is 41.5 Å². The summed E-state index contributed by atoms with van der Waals surface area (Å²) in [5, 5.41) is 19.3. The number of aliphatic hydroxyl groups excluding tert-OH is 1. The van der Waals surface area contributed by atoms with Gasteiger partial charge in [-0.15, -0.1) is 0 Å². The molecular weight excluding hydrogens is 500 g/mol. The van der Waals surface area contributed by atoms with Crippen LogP contribution >= 0.6 is 0 Å². The summed E-state index contributed by atoms with van der Waals surface area (Å²) in [5.74, 6) is -3.65. The van der Waals surface area contributed by atoms with Crippen molar-refractivity contribution >= 4 is 35.6 Å². The molecule has 0 aliphatic heterocycles. The van der Waals surface area contributed by atoms with Gasteiger partial charge in [0.15, 0.2) is 0 Å². The second kappa shape index (κ2) is 16.6. The number of ether oxygens (including phenoxy) is 2. The van der Waals surface area contributed by atoms with E-state index in [9.17, 15) is 33.9 Å². The van der Waals surface area contributed by atoms with Crippen molar-refractivity contribution in [2.45, 2.75) is 79.9 Å². The molecule has 0 aliphatic carbocycles. The second-order valence-electron chi connectivity index (χ2n) is 9.87. The van der Waals surface area contributed by atoms with E-state index in [2.05, 4.69) is 21.3 Å². The standard InChI is InChI=1S/C25H44N4O9/c1-8-25(7,23(36)27-12-16(4)30)15-24(5,6)22(35)28-13-18(31)26-14-19(32)29-17(21(34)38-10-3)11-20(33)37-9-2/h16-17,30H,8-15H2,1-7H3,(H,26,31)(H,27,36)(H,28,35)(H,29,32). The van der Waals surface area contributed by atoms with Gasteiger partial charge in [-0.25, -0.2) is 4.79 Å². The average Bonchev–Trinajstić information content (AvgIpc) is 2.83. The highest BCUT2D eigenvalue weighted by molar-refractivity contribution is 5.92. The molecule has 0 fully saturated rings. The number of rotatable bonds is 17. The fraction of sp³-hybridized carbons (Fsp3) is 0.760. The van der Waals surface area contributed by atoms with Crippen molar-refractivity contribution in [1.82, 2.24) is 21.3 Å². The van der Waals surface area contributed by atoms with Crippen LogP contribution in [0.4, 0.5) is 0 Å². The highest BCUT2D eigenvalue weighted by Crippen LogP contribution is 2.37. The van der Waals surface area contributed by atoms with Crippen molar-refractivity contribution in [2.24, 2.45) is 10.8 Å². The molecule has 3 unspecified atom stereocenters. The molecule has 0 saturated carbocycles. The Morgan fingerprint density at radius 1 is 0.816 bits per heavy atom. The molecule has 218 valence electrons. The summed E-state index contributed by atoms with van der Waals surface area (Å²) in [6.07, 6.45) is -0.488.